The molecule has 1 aliphatic heterocycles. The van der Waals surface area contributed by atoms with Crippen molar-refractivity contribution in [2.24, 2.45) is 0 Å². The van der Waals surface area contributed by atoms with Gasteiger partial charge in [0, 0.05) is 35.8 Å². The molecule has 1 aliphatic rings. The Balaban J connectivity index is 1.40. The highest BCUT2D eigenvalue weighted by Crippen LogP contribution is 2.28. The smallest absolute Gasteiger partial charge is 0.408 e. The van der Waals surface area contributed by atoms with Gasteiger partial charge in [-0.3, -0.25) is 9.59 Å². The van der Waals surface area contributed by atoms with E-state index in [1.165, 1.54) is 0 Å². The first-order valence-corrected chi connectivity index (χ1v) is 14.5. The Bertz CT molecular complexity index is 1560. The second kappa shape index (κ2) is 12.5. The zero-order valence-electron chi connectivity index (χ0n) is 24.4. The maximum atomic E-state index is 14.0. The first-order chi connectivity index (χ1) is 20.2. The summed E-state index contributed by atoms with van der Waals surface area (Å²) in [4.78, 5) is 45.8. The van der Waals surface area contributed by atoms with Crippen molar-refractivity contribution in [1.82, 2.24) is 15.6 Å². The monoisotopic (exact) mass is 566 g/mol. The van der Waals surface area contributed by atoms with E-state index in [-0.39, 0.29) is 12.3 Å². The van der Waals surface area contributed by atoms with E-state index in [1.807, 2.05) is 85.1 Å². The van der Waals surface area contributed by atoms with Crippen LogP contribution >= 0.6 is 0 Å². The summed E-state index contributed by atoms with van der Waals surface area (Å²) in [5.74, 6) is -0.600. The number of fused-ring (bicyclic) bond motifs is 2. The Kier molecular flexibility index (Phi) is 8.61. The van der Waals surface area contributed by atoms with Crippen LogP contribution in [-0.2, 0) is 33.6 Å². The van der Waals surface area contributed by atoms with Gasteiger partial charge in [0.1, 0.15) is 17.7 Å². The van der Waals surface area contributed by atoms with Crippen LogP contribution in [0.15, 0.2) is 85.1 Å². The van der Waals surface area contributed by atoms with Gasteiger partial charge in [0.25, 0.3) is 0 Å². The van der Waals surface area contributed by atoms with E-state index in [1.54, 1.807) is 25.7 Å². The molecule has 218 valence electrons. The third kappa shape index (κ3) is 7.00. The van der Waals surface area contributed by atoms with Gasteiger partial charge in [-0.05, 0) is 68.9 Å². The Morgan fingerprint density at radius 3 is 2.40 bits per heavy atom. The molecule has 0 bridgehead atoms. The maximum absolute atomic E-state index is 14.0. The molecule has 3 amide bonds. The lowest BCUT2D eigenvalue weighted by Gasteiger charge is -2.28. The molecular formula is C34H38N4O4. The number of aryl methyl sites for hydroxylation is 1. The largest absolute Gasteiger partial charge is 0.444 e. The molecule has 0 saturated carbocycles. The molecule has 42 heavy (non-hydrogen) atoms. The van der Waals surface area contributed by atoms with Crippen LogP contribution in [0.3, 0.4) is 0 Å². The average molecular weight is 567 g/mol. The summed E-state index contributed by atoms with van der Waals surface area (Å²) >= 11 is 0. The number of carbonyl (C=O) groups excluding carboxylic acids is 3. The SMILES string of the molecule is CC(C)(C)OC(=O)N[C@@H](Cc1c[nH]c2ccccc12)C(=O)N[C@@H](CCc1ccccc1)C(=O)N1CCc2ccccc21. The standard InChI is InChI=1S/C34H38N4O4/c1-34(2,3)42-33(41)37-29(21-25-22-35-27-15-9-8-14-26(25)27)31(39)36-28(18-17-23-11-5-4-6-12-23)32(40)38-20-19-24-13-7-10-16-30(24)38/h4-16,22,28-29,35H,17-21H2,1-3H3,(H,36,39)(H,37,41)/t28-,29-/m0/s1. The van der Waals surface area contributed by atoms with Crippen LogP contribution in [0, 0.1) is 0 Å². The number of nitrogens with one attached hydrogen (secondary N) is 3. The quantitative estimate of drug-likeness (QED) is 0.255. The van der Waals surface area contributed by atoms with E-state index in [4.69, 9.17) is 4.74 Å². The fourth-order valence-electron chi connectivity index (χ4n) is 5.42. The molecule has 0 radical (unpaired) electrons. The molecule has 1 aromatic heterocycles. The third-order valence-corrected chi connectivity index (χ3v) is 7.44. The van der Waals surface area contributed by atoms with Crippen molar-refractivity contribution >= 4 is 34.5 Å². The van der Waals surface area contributed by atoms with Crippen LogP contribution in [0.1, 0.15) is 43.9 Å². The lowest BCUT2D eigenvalue weighted by molar-refractivity contribution is -0.128. The number of carbonyl (C=O) groups is 3. The Morgan fingerprint density at radius 1 is 0.905 bits per heavy atom. The van der Waals surface area contributed by atoms with Crippen molar-refractivity contribution in [3.63, 3.8) is 0 Å². The van der Waals surface area contributed by atoms with E-state index in [0.29, 0.717) is 19.4 Å². The molecule has 0 saturated heterocycles. The number of nitrogens with zero attached hydrogens (tertiary/aromatic N) is 1. The minimum absolute atomic E-state index is 0.160. The van der Waals surface area contributed by atoms with Crippen LogP contribution in [0.5, 0.6) is 0 Å². The van der Waals surface area contributed by atoms with Gasteiger partial charge in [-0.25, -0.2) is 4.79 Å². The topological polar surface area (TPSA) is 104 Å². The van der Waals surface area contributed by atoms with E-state index in [2.05, 4.69) is 15.6 Å². The summed E-state index contributed by atoms with van der Waals surface area (Å²) in [5.41, 5.74) is 4.15. The number of ether oxygens (including phenoxy) is 1. The molecule has 8 nitrogen and oxygen atoms in total. The number of H-pyrrole nitrogens is 1. The van der Waals surface area contributed by atoms with Gasteiger partial charge in [0.15, 0.2) is 0 Å². The number of hydrogen-bond acceptors (Lipinski definition) is 4. The van der Waals surface area contributed by atoms with Crippen LogP contribution in [0.25, 0.3) is 10.9 Å². The Labute approximate surface area is 246 Å². The summed E-state index contributed by atoms with van der Waals surface area (Å²) in [6.07, 6.45) is 3.18. The van der Waals surface area contributed by atoms with Crippen molar-refractivity contribution in [2.75, 3.05) is 11.4 Å². The molecule has 4 aromatic rings. The zero-order valence-corrected chi connectivity index (χ0v) is 24.4. The molecule has 2 heterocycles. The van der Waals surface area contributed by atoms with Gasteiger partial charge in [-0.1, -0.05) is 66.7 Å². The fraction of sp³-hybridized carbons (Fsp3) is 0.324. The number of anilines is 1. The summed E-state index contributed by atoms with van der Waals surface area (Å²) in [6, 6.07) is 23.8. The molecule has 3 N–H and O–H groups in total. The van der Waals surface area contributed by atoms with E-state index in [9.17, 15) is 14.4 Å². The van der Waals surface area contributed by atoms with Gasteiger partial charge in [0.05, 0.1) is 0 Å². The fourth-order valence-corrected chi connectivity index (χ4v) is 5.42. The molecule has 0 aliphatic carbocycles. The normalized spacial score (nSPS) is 14.2. The van der Waals surface area contributed by atoms with E-state index < -0.39 is 29.7 Å². The number of rotatable bonds is 9. The Hall–Kier alpha value is -4.59. The molecule has 0 unspecified atom stereocenters. The van der Waals surface area contributed by atoms with Crippen molar-refractivity contribution in [3.05, 3.63) is 102 Å². The second-order valence-electron chi connectivity index (χ2n) is 11.7. The third-order valence-electron chi connectivity index (χ3n) is 7.44. The second-order valence-corrected chi connectivity index (χ2v) is 11.7. The molecule has 2 atom stereocenters. The molecule has 0 fully saturated rings. The number of para-hydroxylation sites is 2. The van der Waals surface area contributed by atoms with Gasteiger partial charge >= 0.3 is 6.09 Å². The summed E-state index contributed by atoms with van der Waals surface area (Å²) < 4.78 is 5.49. The lowest BCUT2D eigenvalue weighted by atomic mass is 10.0. The predicted octanol–water partition coefficient (Wildman–Crippen LogP) is 5.31. The summed E-state index contributed by atoms with van der Waals surface area (Å²) in [6.45, 7) is 5.87. The maximum Gasteiger partial charge on any atom is 0.408 e. The van der Waals surface area contributed by atoms with Crippen molar-refractivity contribution in [3.8, 4) is 0 Å². The number of aromatic amines is 1. The molecule has 5 rings (SSSR count). The number of amides is 3. The van der Waals surface area contributed by atoms with E-state index >= 15 is 0 Å². The van der Waals surface area contributed by atoms with Crippen molar-refractivity contribution in [2.45, 2.75) is 64.1 Å². The zero-order chi connectivity index (χ0) is 29.7. The van der Waals surface area contributed by atoms with Crippen LogP contribution in [0.4, 0.5) is 10.5 Å². The first-order valence-electron chi connectivity index (χ1n) is 14.5. The lowest BCUT2D eigenvalue weighted by Crippen LogP contribution is -2.55. The number of alkyl carbamates (subject to hydrolysis) is 1. The van der Waals surface area contributed by atoms with Gasteiger partial charge < -0.3 is 25.3 Å². The average Bonchev–Trinajstić information content (AvgIpc) is 3.58. The van der Waals surface area contributed by atoms with Crippen LogP contribution in [-0.4, -0.2) is 47.1 Å². The van der Waals surface area contributed by atoms with E-state index in [0.717, 1.165) is 39.7 Å². The van der Waals surface area contributed by atoms with Gasteiger partial charge in [-0.2, -0.15) is 0 Å². The number of aromatic nitrogens is 1. The minimum atomic E-state index is -0.961. The minimum Gasteiger partial charge on any atom is -0.444 e. The van der Waals surface area contributed by atoms with Crippen LogP contribution in [0.2, 0.25) is 0 Å². The molecular weight excluding hydrogens is 528 g/mol. The molecule has 0 spiro atoms. The van der Waals surface area contributed by atoms with Crippen LogP contribution < -0.4 is 15.5 Å². The molecule has 8 heteroatoms. The Morgan fingerprint density at radius 2 is 1.62 bits per heavy atom. The van der Waals surface area contributed by atoms with Crippen molar-refractivity contribution in [1.29, 1.82) is 0 Å². The summed E-state index contributed by atoms with van der Waals surface area (Å²) in [5, 5.41) is 6.75. The predicted molar refractivity (Wildman–Crippen MR) is 164 cm³/mol. The highest BCUT2D eigenvalue weighted by atomic mass is 16.6. The first kappa shape index (κ1) is 28.9. The highest BCUT2D eigenvalue weighted by Gasteiger charge is 2.33. The summed E-state index contributed by atoms with van der Waals surface area (Å²) in [7, 11) is 0. The highest BCUT2D eigenvalue weighted by molar-refractivity contribution is 6.01. The number of hydrogen-bond donors (Lipinski definition) is 3. The van der Waals surface area contributed by atoms with Gasteiger partial charge in [-0.15, -0.1) is 0 Å². The van der Waals surface area contributed by atoms with Crippen molar-refractivity contribution < 1.29 is 19.1 Å². The number of benzene rings is 3. The van der Waals surface area contributed by atoms with Gasteiger partial charge in [0.2, 0.25) is 11.8 Å². The molecule has 3 aromatic carbocycles.